The van der Waals surface area contributed by atoms with E-state index in [9.17, 15) is 4.79 Å². The van der Waals surface area contributed by atoms with Crippen molar-refractivity contribution in [3.8, 4) is 0 Å². The van der Waals surface area contributed by atoms with Crippen LogP contribution >= 0.6 is 0 Å². The molecule has 104 valence electrons. The van der Waals surface area contributed by atoms with E-state index < -0.39 is 0 Å². The zero-order chi connectivity index (χ0) is 13.9. The SMILES string of the molecule is Cn1nccc1CCC(=O)N1CC(c2ccccn2)C1. The summed E-state index contributed by atoms with van der Waals surface area (Å²) in [6, 6.07) is 7.90. The zero-order valence-corrected chi connectivity index (χ0v) is 11.6. The number of likely N-dealkylation sites (tertiary alicyclic amines) is 1. The molecule has 20 heavy (non-hydrogen) atoms. The Morgan fingerprint density at radius 1 is 1.30 bits per heavy atom. The van der Waals surface area contributed by atoms with E-state index in [1.807, 2.05) is 47.1 Å². The number of nitrogens with zero attached hydrogens (tertiary/aromatic N) is 4. The van der Waals surface area contributed by atoms with Crippen molar-refractivity contribution in [1.82, 2.24) is 19.7 Å². The molecule has 0 atom stereocenters. The van der Waals surface area contributed by atoms with Crippen molar-refractivity contribution >= 4 is 5.91 Å². The average molecular weight is 270 g/mol. The largest absolute Gasteiger partial charge is 0.341 e. The van der Waals surface area contributed by atoms with Crippen molar-refractivity contribution in [1.29, 1.82) is 0 Å². The Kier molecular flexibility index (Phi) is 3.50. The minimum Gasteiger partial charge on any atom is -0.341 e. The predicted octanol–water partition coefficient (Wildman–Crippen LogP) is 1.37. The first-order valence-electron chi connectivity index (χ1n) is 6.89. The van der Waals surface area contributed by atoms with Gasteiger partial charge < -0.3 is 4.90 Å². The quantitative estimate of drug-likeness (QED) is 0.843. The van der Waals surface area contributed by atoms with Crippen LogP contribution in [0.3, 0.4) is 0 Å². The van der Waals surface area contributed by atoms with E-state index in [-0.39, 0.29) is 5.91 Å². The Bertz CT molecular complexity index is 587. The summed E-state index contributed by atoms with van der Waals surface area (Å²) < 4.78 is 1.82. The molecule has 1 aliphatic heterocycles. The van der Waals surface area contributed by atoms with Gasteiger partial charge in [0, 0.05) is 56.3 Å². The van der Waals surface area contributed by atoms with Gasteiger partial charge in [-0.05, 0) is 24.6 Å². The standard InChI is InChI=1S/C15H18N4O/c1-18-13(7-9-17-18)5-6-15(20)19-10-12(11-19)14-4-2-3-8-16-14/h2-4,7-9,12H,5-6,10-11H2,1H3. The lowest BCUT2D eigenvalue weighted by atomic mass is 9.95. The van der Waals surface area contributed by atoms with E-state index in [0.717, 1.165) is 30.9 Å². The molecule has 0 radical (unpaired) electrons. The number of hydrogen-bond acceptors (Lipinski definition) is 3. The fourth-order valence-electron chi connectivity index (χ4n) is 2.53. The van der Waals surface area contributed by atoms with Gasteiger partial charge in [0.15, 0.2) is 0 Å². The number of carbonyl (C=O) groups excluding carboxylic acids is 1. The monoisotopic (exact) mass is 270 g/mol. The Morgan fingerprint density at radius 3 is 2.80 bits per heavy atom. The molecular weight excluding hydrogens is 252 g/mol. The first-order chi connectivity index (χ1) is 9.74. The molecule has 0 unspecified atom stereocenters. The molecule has 1 amide bonds. The van der Waals surface area contributed by atoms with Crippen LogP contribution in [0.5, 0.6) is 0 Å². The molecule has 3 heterocycles. The van der Waals surface area contributed by atoms with Gasteiger partial charge in [-0.25, -0.2) is 0 Å². The van der Waals surface area contributed by atoms with E-state index in [4.69, 9.17) is 0 Å². The second kappa shape index (κ2) is 5.45. The lowest BCUT2D eigenvalue weighted by Gasteiger charge is -2.39. The van der Waals surface area contributed by atoms with Gasteiger partial charge in [-0.2, -0.15) is 5.10 Å². The molecule has 0 spiro atoms. The number of rotatable bonds is 4. The summed E-state index contributed by atoms with van der Waals surface area (Å²) in [6.07, 6.45) is 4.87. The van der Waals surface area contributed by atoms with E-state index in [1.165, 1.54) is 0 Å². The normalized spacial score (nSPS) is 15.2. The van der Waals surface area contributed by atoms with Crippen LogP contribution in [0.25, 0.3) is 0 Å². The minimum absolute atomic E-state index is 0.221. The molecule has 1 saturated heterocycles. The number of pyridine rings is 1. The van der Waals surface area contributed by atoms with Crippen molar-refractivity contribution < 1.29 is 4.79 Å². The molecule has 2 aromatic heterocycles. The van der Waals surface area contributed by atoms with Crippen LogP contribution in [0.15, 0.2) is 36.7 Å². The summed E-state index contributed by atoms with van der Waals surface area (Å²) >= 11 is 0. The highest BCUT2D eigenvalue weighted by Gasteiger charge is 2.31. The average Bonchev–Trinajstić information content (AvgIpc) is 2.81. The van der Waals surface area contributed by atoms with E-state index in [2.05, 4.69) is 10.1 Å². The fraction of sp³-hybridized carbons (Fsp3) is 0.400. The lowest BCUT2D eigenvalue weighted by molar-refractivity contribution is -0.135. The molecule has 3 rings (SSSR count). The second-order valence-corrected chi connectivity index (χ2v) is 5.20. The molecule has 5 heteroatoms. The smallest absolute Gasteiger partial charge is 0.223 e. The third-order valence-electron chi connectivity index (χ3n) is 3.86. The van der Waals surface area contributed by atoms with Crippen molar-refractivity contribution in [2.24, 2.45) is 7.05 Å². The maximum absolute atomic E-state index is 12.1. The number of hydrogen-bond donors (Lipinski definition) is 0. The summed E-state index contributed by atoms with van der Waals surface area (Å²) in [6.45, 7) is 1.59. The van der Waals surface area contributed by atoms with E-state index in [0.29, 0.717) is 12.3 Å². The Labute approximate surface area is 118 Å². The number of aryl methyl sites for hydroxylation is 2. The van der Waals surface area contributed by atoms with Crippen LogP contribution in [-0.4, -0.2) is 38.7 Å². The molecule has 5 nitrogen and oxygen atoms in total. The topological polar surface area (TPSA) is 51.0 Å². The summed E-state index contributed by atoms with van der Waals surface area (Å²) in [5.74, 6) is 0.621. The van der Waals surface area contributed by atoms with Gasteiger partial charge in [0.2, 0.25) is 5.91 Å². The zero-order valence-electron chi connectivity index (χ0n) is 11.6. The molecular formula is C15H18N4O. The molecule has 2 aromatic rings. The molecule has 0 N–H and O–H groups in total. The molecule has 1 aliphatic rings. The maximum Gasteiger partial charge on any atom is 0.223 e. The highest BCUT2D eigenvalue weighted by molar-refractivity contribution is 5.77. The van der Waals surface area contributed by atoms with E-state index >= 15 is 0 Å². The predicted molar refractivity (Wildman–Crippen MR) is 75.1 cm³/mol. The number of amides is 1. The fourth-order valence-corrected chi connectivity index (χ4v) is 2.53. The first kappa shape index (κ1) is 12.8. The summed E-state index contributed by atoms with van der Waals surface area (Å²) in [7, 11) is 1.90. The number of aromatic nitrogens is 3. The van der Waals surface area contributed by atoms with Gasteiger partial charge >= 0.3 is 0 Å². The van der Waals surface area contributed by atoms with Gasteiger partial charge in [0.05, 0.1) is 0 Å². The van der Waals surface area contributed by atoms with Gasteiger partial charge in [0.25, 0.3) is 0 Å². The first-order valence-corrected chi connectivity index (χ1v) is 6.89. The van der Waals surface area contributed by atoms with Gasteiger partial charge in [0.1, 0.15) is 0 Å². The number of carbonyl (C=O) groups is 1. The summed E-state index contributed by atoms with van der Waals surface area (Å²) in [5, 5.41) is 4.11. The summed E-state index contributed by atoms with van der Waals surface area (Å²) in [5.41, 5.74) is 2.18. The van der Waals surface area contributed by atoms with Crippen LogP contribution in [0.1, 0.15) is 23.7 Å². The van der Waals surface area contributed by atoms with Gasteiger partial charge in [-0.1, -0.05) is 6.07 Å². The summed E-state index contributed by atoms with van der Waals surface area (Å²) in [4.78, 5) is 18.3. The van der Waals surface area contributed by atoms with Crippen molar-refractivity contribution in [2.75, 3.05) is 13.1 Å². The third-order valence-corrected chi connectivity index (χ3v) is 3.86. The van der Waals surface area contributed by atoms with Crippen LogP contribution in [0.2, 0.25) is 0 Å². The van der Waals surface area contributed by atoms with Crippen molar-refractivity contribution in [3.05, 3.63) is 48.0 Å². The van der Waals surface area contributed by atoms with Gasteiger partial charge in [-0.15, -0.1) is 0 Å². The molecule has 0 aliphatic carbocycles. The Balaban J connectivity index is 1.48. The molecule has 1 fully saturated rings. The Hall–Kier alpha value is -2.17. The lowest BCUT2D eigenvalue weighted by Crippen LogP contribution is -2.48. The van der Waals surface area contributed by atoms with Gasteiger partial charge in [-0.3, -0.25) is 14.5 Å². The minimum atomic E-state index is 0.221. The second-order valence-electron chi connectivity index (χ2n) is 5.20. The van der Waals surface area contributed by atoms with Crippen LogP contribution in [-0.2, 0) is 18.3 Å². The molecule has 0 saturated carbocycles. The Morgan fingerprint density at radius 2 is 2.15 bits per heavy atom. The van der Waals surface area contributed by atoms with Crippen LogP contribution < -0.4 is 0 Å². The third kappa shape index (κ3) is 2.57. The van der Waals surface area contributed by atoms with E-state index in [1.54, 1.807) is 6.20 Å². The maximum atomic E-state index is 12.1. The van der Waals surface area contributed by atoms with Crippen LogP contribution in [0, 0.1) is 0 Å². The van der Waals surface area contributed by atoms with Crippen molar-refractivity contribution in [3.63, 3.8) is 0 Å². The molecule has 0 aromatic carbocycles. The molecule has 0 bridgehead atoms. The van der Waals surface area contributed by atoms with Crippen molar-refractivity contribution in [2.45, 2.75) is 18.8 Å². The highest BCUT2D eigenvalue weighted by atomic mass is 16.2. The highest BCUT2D eigenvalue weighted by Crippen LogP contribution is 2.25. The van der Waals surface area contributed by atoms with Crippen LogP contribution in [0.4, 0.5) is 0 Å².